The number of hydrogen-bond acceptors (Lipinski definition) is 6. The zero-order chi connectivity index (χ0) is 22.8. The first-order valence-corrected chi connectivity index (χ1v) is 10.7. The van der Waals surface area contributed by atoms with Crippen molar-refractivity contribution >= 4 is 23.1 Å². The van der Waals surface area contributed by atoms with Gasteiger partial charge in [0, 0.05) is 19.2 Å². The number of carbonyl (C=O) groups excluding carboxylic acids is 2. The monoisotopic (exact) mass is 436 g/mol. The molecule has 2 aliphatic heterocycles. The van der Waals surface area contributed by atoms with E-state index in [2.05, 4.69) is 11.8 Å². The Morgan fingerprint density at radius 1 is 0.875 bits per heavy atom. The lowest BCUT2D eigenvalue weighted by molar-refractivity contribution is -0.120. The first-order chi connectivity index (χ1) is 15.5. The molecule has 0 radical (unpaired) electrons. The molecule has 0 saturated carbocycles. The largest absolute Gasteiger partial charge is 0.497 e. The van der Waals surface area contributed by atoms with Gasteiger partial charge in [0.15, 0.2) is 0 Å². The van der Waals surface area contributed by atoms with Gasteiger partial charge in [-0.05, 0) is 48.6 Å². The lowest BCUT2D eigenvalue weighted by Crippen LogP contribution is -2.39. The Morgan fingerprint density at radius 3 is 2.19 bits per heavy atom. The number of likely N-dealkylation sites (tertiary alicyclic amines) is 1. The van der Waals surface area contributed by atoms with E-state index in [1.165, 1.54) is 12.0 Å². The van der Waals surface area contributed by atoms with Crippen LogP contribution < -0.4 is 19.1 Å². The number of imide groups is 1. The summed E-state index contributed by atoms with van der Waals surface area (Å²) in [6.45, 7) is 3.64. The summed E-state index contributed by atoms with van der Waals surface area (Å²) in [4.78, 5) is 30.8. The van der Waals surface area contributed by atoms with Gasteiger partial charge in [-0.25, -0.2) is 4.90 Å². The third-order valence-corrected chi connectivity index (χ3v) is 6.04. The van der Waals surface area contributed by atoms with Gasteiger partial charge in [0.25, 0.3) is 11.8 Å². The number of piperidine rings is 1. The highest BCUT2D eigenvalue weighted by Gasteiger charge is 2.44. The summed E-state index contributed by atoms with van der Waals surface area (Å²) in [6.07, 6.45) is 2.09. The molecule has 2 aliphatic rings. The normalized spacial score (nSPS) is 18.9. The van der Waals surface area contributed by atoms with E-state index in [1.54, 1.807) is 44.6 Å². The standard InChI is InChI=1S/C25H28N2O5/c1-16-6-5-13-26(15-16)23-22(17-7-9-18(30-2)10-8-17)24(28)27(25(23)29)20-14-19(31-3)11-12-21(20)32-4/h7-12,14,16H,5-6,13,15H2,1-4H3. The van der Waals surface area contributed by atoms with Crippen molar-refractivity contribution in [2.24, 2.45) is 5.92 Å². The molecular formula is C25H28N2O5. The van der Waals surface area contributed by atoms with Gasteiger partial charge < -0.3 is 19.1 Å². The van der Waals surface area contributed by atoms with Gasteiger partial charge in [-0.1, -0.05) is 19.1 Å². The van der Waals surface area contributed by atoms with Crippen molar-refractivity contribution in [2.45, 2.75) is 19.8 Å². The molecule has 1 fully saturated rings. The predicted octanol–water partition coefficient (Wildman–Crippen LogP) is 3.73. The predicted molar refractivity (Wildman–Crippen MR) is 122 cm³/mol. The molecule has 4 rings (SSSR count). The summed E-state index contributed by atoms with van der Waals surface area (Å²) in [6, 6.07) is 12.3. The highest BCUT2D eigenvalue weighted by Crippen LogP contribution is 2.41. The van der Waals surface area contributed by atoms with Crippen molar-refractivity contribution in [2.75, 3.05) is 39.3 Å². The molecule has 1 saturated heterocycles. The first kappa shape index (κ1) is 21.7. The minimum Gasteiger partial charge on any atom is -0.497 e. The lowest BCUT2D eigenvalue weighted by atomic mass is 9.98. The zero-order valence-corrected chi connectivity index (χ0v) is 18.9. The molecule has 2 heterocycles. The summed E-state index contributed by atoms with van der Waals surface area (Å²) >= 11 is 0. The number of nitrogens with zero attached hydrogens (tertiary/aromatic N) is 2. The van der Waals surface area contributed by atoms with Gasteiger partial charge in [-0.2, -0.15) is 0 Å². The van der Waals surface area contributed by atoms with Crippen LogP contribution in [0.15, 0.2) is 48.2 Å². The van der Waals surface area contributed by atoms with Crippen LogP contribution in [-0.4, -0.2) is 51.1 Å². The smallest absolute Gasteiger partial charge is 0.282 e. The van der Waals surface area contributed by atoms with Crippen molar-refractivity contribution in [3.8, 4) is 17.2 Å². The summed E-state index contributed by atoms with van der Waals surface area (Å²) in [5.74, 6) is 1.37. The molecule has 168 valence electrons. The lowest BCUT2D eigenvalue weighted by Gasteiger charge is -2.33. The molecule has 0 spiro atoms. The van der Waals surface area contributed by atoms with Crippen molar-refractivity contribution < 1.29 is 23.8 Å². The highest BCUT2D eigenvalue weighted by atomic mass is 16.5. The number of rotatable bonds is 6. The second kappa shape index (κ2) is 8.94. The van der Waals surface area contributed by atoms with Crippen LogP contribution in [0.5, 0.6) is 17.2 Å². The van der Waals surface area contributed by atoms with Crippen LogP contribution >= 0.6 is 0 Å². The Morgan fingerprint density at radius 2 is 1.56 bits per heavy atom. The second-order valence-electron chi connectivity index (χ2n) is 8.13. The molecule has 2 amide bonds. The van der Waals surface area contributed by atoms with Crippen LogP contribution in [0.1, 0.15) is 25.3 Å². The highest BCUT2D eigenvalue weighted by molar-refractivity contribution is 6.45. The van der Waals surface area contributed by atoms with Gasteiger partial charge >= 0.3 is 0 Å². The van der Waals surface area contributed by atoms with Crippen molar-refractivity contribution in [1.29, 1.82) is 0 Å². The van der Waals surface area contributed by atoms with E-state index in [0.717, 1.165) is 25.9 Å². The molecule has 0 bridgehead atoms. The molecule has 2 aromatic rings. The van der Waals surface area contributed by atoms with Crippen LogP contribution in [0.3, 0.4) is 0 Å². The van der Waals surface area contributed by atoms with Crippen LogP contribution in [0.4, 0.5) is 5.69 Å². The number of carbonyl (C=O) groups is 2. The molecule has 7 heteroatoms. The SMILES string of the molecule is COc1ccc(C2=C(N3CCCC(C)C3)C(=O)N(c3cc(OC)ccc3OC)C2=O)cc1. The minimum atomic E-state index is -0.375. The van der Waals surface area contributed by atoms with Crippen molar-refractivity contribution in [1.82, 2.24) is 4.90 Å². The fourth-order valence-corrected chi connectivity index (χ4v) is 4.41. The van der Waals surface area contributed by atoms with Gasteiger partial charge in [-0.3, -0.25) is 9.59 Å². The second-order valence-corrected chi connectivity index (χ2v) is 8.13. The number of benzene rings is 2. The Hall–Kier alpha value is -3.48. The molecule has 1 unspecified atom stereocenters. The van der Waals surface area contributed by atoms with Crippen LogP contribution in [0.2, 0.25) is 0 Å². The van der Waals surface area contributed by atoms with E-state index in [9.17, 15) is 9.59 Å². The maximum absolute atomic E-state index is 13.8. The van der Waals surface area contributed by atoms with Crippen LogP contribution in [0.25, 0.3) is 5.57 Å². The van der Waals surface area contributed by atoms with Gasteiger partial charge in [-0.15, -0.1) is 0 Å². The van der Waals surface area contributed by atoms with Gasteiger partial charge in [0.2, 0.25) is 0 Å². The molecule has 2 aromatic carbocycles. The molecule has 7 nitrogen and oxygen atoms in total. The third-order valence-electron chi connectivity index (χ3n) is 6.04. The summed E-state index contributed by atoms with van der Waals surface area (Å²) < 4.78 is 16.1. The quantitative estimate of drug-likeness (QED) is 0.643. The maximum Gasteiger partial charge on any atom is 0.282 e. The van der Waals surface area contributed by atoms with Crippen molar-refractivity contribution in [3.05, 3.63) is 53.7 Å². The average Bonchev–Trinajstić information content (AvgIpc) is 3.08. The minimum absolute atomic E-state index is 0.346. The Labute approximate surface area is 188 Å². The van der Waals surface area contributed by atoms with Crippen molar-refractivity contribution in [3.63, 3.8) is 0 Å². The molecule has 0 aromatic heterocycles. The number of methoxy groups -OCH3 is 3. The Kier molecular flexibility index (Phi) is 6.08. The van der Waals surface area contributed by atoms with Crippen LogP contribution in [0, 0.1) is 5.92 Å². The number of anilines is 1. The Bertz CT molecular complexity index is 1060. The van der Waals surface area contributed by atoms with E-state index >= 15 is 0 Å². The van der Waals surface area contributed by atoms with Gasteiger partial charge in [0.1, 0.15) is 22.9 Å². The fraction of sp³-hybridized carbons (Fsp3) is 0.360. The van der Waals surface area contributed by atoms with Gasteiger partial charge in [0.05, 0.1) is 32.6 Å². The molecule has 1 atom stereocenters. The fourth-order valence-electron chi connectivity index (χ4n) is 4.41. The number of amides is 2. The summed E-state index contributed by atoms with van der Waals surface area (Å²) in [5.41, 5.74) is 1.89. The van der Waals surface area contributed by atoms with E-state index in [0.29, 0.717) is 45.7 Å². The summed E-state index contributed by atoms with van der Waals surface area (Å²) in [7, 11) is 4.65. The number of ether oxygens (including phenoxy) is 3. The van der Waals surface area contributed by atoms with Crippen LogP contribution in [-0.2, 0) is 9.59 Å². The molecule has 0 N–H and O–H groups in total. The third kappa shape index (κ3) is 3.79. The topological polar surface area (TPSA) is 68.3 Å². The first-order valence-electron chi connectivity index (χ1n) is 10.7. The Balaban J connectivity index is 1.85. The van der Waals surface area contributed by atoms with E-state index in [1.807, 2.05) is 12.1 Å². The maximum atomic E-state index is 13.8. The molecular weight excluding hydrogens is 408 g/mol. The van der Waals surface area contributed by atoms with E-state index in [-0.39, 0.29) is 11.8 Å². The molecule has 0 aliphatic carbocycles. The van der Waals surface area contributed by atoms with E-state index < -0.39 is 0 Å². The van der Waals surface area contributed by atoms with E-state index in [4.69, 9.17) is 14.2 Å². The number of hydrogen-bond donors (Lipinski definition) is 0. The average molecular weight is 437 g/mol. The summed E-state index contributed by atoms with van der Waals surface area (Å²) in [5, 5.41) is 0. The molecule has 32 heavy (non-hydrogen) atoms. The zero-order valence-electron chi connectivity index (χ0n) is 18.9.